The SMILES string of the molecule is Cc1ccc([C@@H](O)CN=[N+]=[N-])cc1F. The quantitative estimate of drug-likeness (QED) is 0.449. The number of hydrogen-bond donors (Lipinski definition) is 1. The molecule has 1 atom stereocenters. The smallest absolute Gasteiger partial charge is 0.126 e. The van der Waals surface area contributed by atoms with Gasteiger partial charge in [0.2, 0.25) is 0 Å². The molecule has 0 amide bonds. The first kappa shape index (κ1) is 10.5. The highest BCUT2D eigenvalue weighted by Gasteiger charge is 2.07. The summed E-state index contributed by atoms with van der Waals surface area (Å²) in [4.78, 5) is 2.51. The molecule has 0 saturated heterocycles. The van der Waals surface area contributed by atoms with Gasteiger partial charge in [-0.1, -0.05) is 17.2 Å². The molecule has 0 aromatic heterocycles. The van der Waals surface area contributed by atoms with Crippen molar-refractivity contribution in [3.05, 3.63) is 45.6 Å². The van der Waals surface area contributed by atoms with Gasteiger partial charge in [0.15, 0.2) is 0 Å². The van der Waals surface area contributed by atoms with Gasteiger partial charge in [-0.05, 0) is 29.6 Å². The van der Waals surface area contributed by atoms with E-state index in [0.29, 0.717) is 11.1 Å². The van der Waals surface area contributed by atoms with E-state index in [0.717, 1.165) is 0 Å². The fourth-order valence-corrected chi connectivity index (χ4v) is 1.04. The highest BCUT2D eigenvalue weighted by molar-refractivity contribution is 5.25. The second-order valence-electron chi connectivity index (χ2n) is 2.94. The Balaban J connectivity index is 2.85. The molecule has 1 aromatic carbocycles. The number of nitrogens with zero attached hydrogens (tertiary/aromatic N) is 3. The average molecular weight is 195 g/mol. The molecule has 0 saturated carbocycles. The molecule has 0 spiro atoms. The van der Waals surface area contributed by atoms with Crippen LogP contribution in [0.1, 0.15) is 17.2 Å². The molecule has 0 aliphatic rings. The van der Waals surface area contributed by atoms with Crippen molar-refractivity contribution in [2.45, 2.75) is 13.0 Å². The number of halogens is 1. The zero-order chi connectivity index (χ0) is 10.6. The summed E-state index contributed by atoms with van der Waals surface area (Å²) in [7, 11) is 0. The molecule has 0 unspecified atom stereocenters. The first-order valence-corrected chi connectivity index (χ1v) is 4.10. The van der Waals surface area contributed by atoms with Crippen molar-refractivity contribution in [1.29, 1.82) is 0 Å². The number of benzene rings is 1. The Labute approximate surface area is 80.6 Å². The van der Waals surface area contributed by atoms with Gasteiger partial charge in [0, 0.05) is 4.91 Å². The highest BCUT2D eigenvalue weighted by atomic mass is 19.1. The predicted molar refractivity (Wildman–Crippen MR) is 50.1 cm³/mol. The maximum Gasteiger partial charge on any atom is 0.126 e. The summed E-state index contributed by atoms with van der Waals surface area (Å²) < 4.78 is 13.0. The first-order chi connectivity index (χ1) is 6.65. The minimum Gasteiger partial charge on any atom is -0.388 e. The van der Waals surface area contributed by atoms with Crippen LogP contribution in [0.15, 0.2) is 23.3 Å². The number of aliphatic hydroxyl groups is 1. The Morgan fingerprint density at radius 2 is 2.36 bits per heavy atom. The van der Waals surface area contributed by atoms with Crippen LogP contribution in [0.3, 0.4) is 0 Å². The van der Waals surface area contributed by atoms with Gasteiger partial charge in [-0.25, -0.2) is 4.39 Å². The highest BCUT2D eigenvalue weighted by Crippen LogP contribution is 2.16. The minimum absolute atomic E-state index is 0.0843. The van der Waals surface area contributed by atoms with Crippen LogP contribution in [0.2, 0.25) is 0 Å². The number of rotatable bonds is 3. The van der Waals surface area contributed by atoms with Crippen LogP contribution in [-0.2, 0) is 0 Å². The standard InChI is InChI=1S/C9H10FN3O/c1-6-2-3-7(4-8(6)10)9(14)5-12-13-11/h2-4,9,14H,5H2,1H3/t9-/m0/s1. The maximum absolute atomic E-state index is 13.0. The third-order valence-corrected chi connectivity index (χ3v) is 1.90. The topological polar surface area (TPSA) is 69.0 Å². The van der Waals surface area contributed by atoms with E-state index in [1.807, 2.05) is 0 Å². The van der Waals surface area contributed by atoms with Crippen molar-refractivity contribution < 1.29 is 9.50 Å². The van der Waals surface area contributed by atoms with E-state index in [4.69, 9.17) is 5.53 Å². The molecule has 14 heavy (non-hydrogen) atoms. The minimum atomic E-state index is -0.944. The van der Waals surface area contributed by atoms with Crippen molar-refractivity contribution in [2.24, 2.45) is 5.11 Å². The summed E-state index contributed by atoms with van der Waals surface area (Å²) in [5, 5.41) is 12.6. The predicted octanol–water partition coefficient (Wildman–Crippen LogP) is 2.48. The second-order valence-corrected chi connectivity index (χ2v) is 2.94. The van der Waals surface area contributed by atoms with Gasteiger partial charge in [0.05, 0.1) is 12.6 Å². The van der Waals surface area contributed by atoms with Gasteiger partial charge in [-0.3, -0.25) is 0 Å². The normalized spacial score (nSPS) is 11.9. The van der Waals surface area contributed by atoms with E-state index in [-0.39, 0.29) is 12.4 Å². The van der Waals surface area contributed by atoms with E-state index >= 15 is 0 Å². The third kappa shape index (κ3) is 2.45. The Morgan fingerprint density at radius 1 is 1.64 bits per heavy atom. The lowest BCUT2D eigenvalue weighted by atomic mass is 10.1. The van der Waals surface area contributed by atoms with Crippen molar-refractivity contribution in [3.63, 3.8) is 0 Å². The summed E-state index contributed by atoms with van der Waals surface area (Å²) in [6, 6.07) is 4.42. The molecule has 5 heteroatoms. The molecule has 1 aromatic rings. The molecule has 1 rings (SSSR count). The Morgan fingerprint density at radius 3 is 2.93 bits per heavy atom. The van der Waals surface area contributed by atoms with Crippen molar-refractivity contribution in [3.8, 4) is 0 Å². The van der Waals surface area contributed by atoms with Crippen LogP contribution in [0.5, 0.6) is 0 Å². The van der Waals surface area contributed by atoms with Crippen molar-refractivity contribution >= 4 is 0 Å². The third-order valence-electron chi connectivity index (χ3n) is 1.90. The fraction of sp³-hybridized carbons (Fsp3) is 0.333. The van der Waals surface area contributed by atoms with Crippen LogP contribution >= 0.6 is 0 Å². The van der Waals surface area contributed by atoms with Gasteiger partial charge < -0.3 is 5.11 Å². The largest absolute Gasteiger partial charge is 0.388 e. The number of hydrogen-bond acceptors (Lipinski definition) is 2. The van der Waals surface area contributed by atoms with Gasteiger partial charge in [-0.15, -0.1) is 0 Å². The lowest BCUT2D eigenvalue weighted by Crippen LogP contribution is -2.01. The molecule has 1 N–H and O–H groups in total. The second kappa shape index (κ2) is 4.60. The molecule has 0 heterocycles. The molecular formula is C9H10FN3O. The Bertz CT molecular complexity index is 374. The van der Waals surface area contributed by atoms with Gasteiger partial charge in [0.1, 0.15) is 5.82 Å². The summed E-state index contributed by atoms with van der Waals surface area (Å²) >= 11 is 0. The maximum atomic E-state index is 13.0. The van der Waals surface area contributed by atoms with Gasteiger partial charge in [0.25, 0.3) is 0 Å². The number of aryl methyl sites for hydroxylation is 1. The van der Waals surface area contributed by atoms with E-state index < -0.39 is 6.10 Å². The van der Waals surface area contributed by atoms with Crippen LogP contribution in [-0.4, -0.2) is 11.7 Å². The molecule has 0 fully saturated rings. The molecule has 74 valence electrons. The zero-order valence-corrected chi connectivity index (χ0v) is 7.68. The molecule has 0 radical (unpaired) electrons. The van der Waals surface area contributed by atoms with Crippen molar-refractivity contribution in [2.75, 3.05) is 6.54 Å². The number of aliphatic hydroxyl groups excluding tert-OH is 1. The molecule has 0 bridgehead atoms. The Kier molecular flexibility index (Phi) is 3.45. The summed E-state index contributed by atoms with van der Waals surface area (Å²) in [5.41, 5.74) is 8.97. The Hall–Kier alpha value is -1.58. The zero-order valence-electron chi connectivity index (χ0n) is 7.68. The van der Waals surface area contributed by atoms with E-state index in [2.05, 4.69) is 10.0 Å². The summed E-state index contributed by atoms with van der Waals surface area (Å²) in [6.07, 6.45) is -0.944. The molecule has 0 aliphatic carbocycles. The van der Waals surface area contributed by atoms with Crippen LogP contribution in [0, 0.1) is 12.7 Å². The van der Waals surface area contributed by atoms with E-state index in [1.54, 1.807) is 19.1 Å². The molecular weight excluding hydrogens is 185 g/mol. The lowest BCUT2D eigenvalue weighted by Gasteiger charge is -2.08. The summed E-state index contributed by atoms with van der Waals surface area (Å²) in [5.74, 6) is -0.373. The van der Waals surface area contributed by atoms with Crippen LogP contribution in [0.25, 0.3) is 10.4 Å². The van der Waals surface area contributed by atoms with Gasteiger partial charge in [-0.2, -0.15) is 0 Å². The molecule has 4 nitrogen and oxygen atoms in total. The fourth-order valence-electron chi connectivity index (χ4n) is 1.04. The van der Waals surface area contributed by atoms with E-state index in [1.165, 1.54) is 6.07 Å². The van der Waals surface area contributed by atoms with Crippen LogP contribution in [0.4, 0.5) is 4.39 Å². The van der Waals surface area contributed by atoms with Crippen LogP contribution < -0.4 is 0 Å². The van der Waals surface area contributed by atoms with Gasteiger partial charge >= 0.3 is 0 Å². The monoisotopic (exact) mass is 195 g/mol. The number of azide groups is 1. The lowest BCUT2D eigenvalue weighted by molar-refractivity contribution is 0.186. The van der Waals surface area contributed by atoms with Crippen molar-refractivity contribution in [1.82, 2.24) is 0 Å². The average Bonchev–Trinajstić information content (AvgIpc) is 2.18. The first-order valence-electron chi connectivity index (χ1n) is 4.10. The summed E-state index contributed by atoms with van der Waals surface area (Å²) in [6.45, 7) is 1.55. The molecule has 0 aliphatic heterocycles. The van der Waals surface area contributed by atoms with E-state index in [9.17, 15) is 9.50 Å².